The van der Waals surface area contributed by atoms with Gasteiger partial charge in [0.25, 0.3) is 0 Å². The summed E-state index contributed by atoms with van der Waals surface area (Å²) in [4.78, 5) is 15.5. The molecule has 2 N–H and O–H groups in total. The van der Waals surface area contributed by atoms with Crippen LogP contribution in [0.1, 0.15) is 20.9 Å². The predicted octanol–water partition coefficient (Wildman–Crippen LogP) is 4.47. The highest BCUT2D eigenvalue weighted by atomic mass is 32.1. The van der Waals surface area contributed by atoms with E-state index in [2.05, 4.69) is 10.3 Å². The van der Waals surface area contributed by atoms with Gasteiger partial charge in [0.05, 0.1) is 5.69 Å². The zero-order valence-corrected chi connectivity index (χ0v) is 13.8. The number of ether oxygens (including phenoxy) is 1. The topological polar surface area (TPSA) is 71.5 Å². The average molecular weight is 340 g/mol. The fourth-order valence-corrected chi connectivity index (χ4v) is 2.97. The lowest BCUT2D eigenvalue weighted by atomic mass is 10.2. The Morgan fingerprint density at radius 2 is 1.88 bits per heavy atom. The van der Waals surface area contributed by atoms with E-state index >= 15 is 0 Å². The molecule has 3 rings (SSSR count). The largest absolute Gasteiger partial charge is 0.489 e. The van der Waals surface area contributed by atoms with E-state index in [1.165, 1.54) is 0 Å². The van der Waals surface area contributed by atoms with Crippen molar-refractivity contribution in [3.05, 3.63) is 70.7 Å². The average Bonchev–Trinajstić information content (AvgIpc) is 2.96. The van der Waals surface area contributed by atoms with Gasteiger partial charge < -0.3 is 15.2 Å². The molecule has 1 heterocycles. The van der Waals surface area contributed by atoms with E-state index in [1.54, 1.807) is 6.92 Å². The van der Waals surface area contributed by atoms with Crippen molar-refractivity contribution < 1.29 is 14.6 Å². The Kier molecular flexibility index (Phi) is 4.77. The third-order valence-corrected chi connectivity index (χ3v) is 4.41. The number of benzene rings is 2. The second-order valence-corrected chi connectivity index (χ2v) is 6.16. The van der Waals surface area contributed by atoms with Gasteiger partial charge in [-0.25, -0.2) is 9.78 Å². The van der Waals surface area contributed by atoms with Crippen molar-refractivity contribution in [2.75, 3.05) is 5.32 Å². The van der Waals surface area contributed by atoms with Gasteiger partial charge in [-0.1, -0.05) is 41.7 Å². The lowest BCUT2D eigenvalue weighted by molar-refractivity contribution is 0.0701. The third-order valence-electron chi connectivity index (χ3n) is 3.34. The van der Waals surface area contributed by atoms with Crippen LogP contribution in [-0.2, 0) is 6.61 Å². The van der Waals surface area contributed by atoms with E-state index in [9.17, 15) is 4.79 Å². The minimum absolute atomic E-state index is 0.250. The van der Waals surface area contributed by atoms with Crippen LogP contribution in [0.2, 0.25) is 0 Å². The van der Waals surface area contributed by atoms with Gasteiger partial charge >= 0.3 is 5.97 Å². The van der Waals surface area contributed by atoms with Gasteiger partial charge in [0.2, 0.25) is 0 Å². The summed E-state index contributed by atoms with van der Waals surface area (Å²) in [6, 6.07) is 17.4. The van der Waals surface area contributed by atoms with E-state index in [-0.39, 0.29) is 4.88 Å². The van der Waals surface area contributed by atoms with Crippen LogP contribution in [0.5, 0.6) is 5.75 Å². The SMILES string of the molecule is Cc1nc(Nc2ccc(OCc3ccccc3)cc2)sc1C(=O)O. The standard InChI is InChI=1S/C18H16N2O3S/c1-12-16(17(21)22)24-18(19-12)20-14-7-9-15(10-8-14)23-11-13-5-3-2-4-6-13/h2-10H,11H2,1H3,(H,19,20)(H,21,22). The number of carboxylic acids is 1. The molecule has 0 aliphatic rings. The van der Waals surface area contributed by atoms with Crippen molar-refractivity contribution in [2.45, 2.75) is 13.5 Å². The Balaban J connectivity index is 1.62. The number of aryl methyl sites for hydroxylation is 1. The lowest BCUT2D eigenvalue weighted by Crippen LogP contribution is -1.95. The van der Waals surface area contributed by atoms with Crippen molar-refractivity contribution in [3.63, 3.8) is 0 Å². The maximum absolute atomic E-state index is 11.0. The fourth-order valence-electron chi connectivity index (χ4n) is 2.15. The number of anilines is 2. The minimum Gasteiger partial charge on any atom is -0.489 e. The molecule has 0 atom stereocenters. The summed E-state index contributed by atoms with van der Waals surface area (Å²) in [5.41, 5.74) is 2.45. The summed E-state index contributed by atoms with van der Waals surface area (Å²) in [6.45, 7) is 2.20. The van der Waals surface area contributed by atoms with Crippen LogP contribution in [0.4, 0.5) is 10.8 Å². The maximum Gasteiger partial charge on any atom is 0.347 e. The number of thiazole rings is 1. The van der Waals surface area contributed by atoms with Crippen LogP contribution >= 0.6 is 11.3 Å². The molecule has 0 saturated heterocycles. The summed E-state index contributed by atoms with van der Waals surface area (Å²) >= 11 is 1.12. The number of carboxylic acid groups (broad SMARTS) is 1. The molecule has 24 heavy (non-hydrogen) atoms. The van der Waals surface area contributed by atoms with Crippen molar-refractivity contribution in [1.82, 2.24) is 4.98 Å². The zero-order valence-electron chi connectivity index (χ0n) is 13.0. The Bertz CT molecular complexity index is 829. The van der Waals surface area contributed by atoms with E-state index in [0.29, 0.717) is 17.4 Å². The first-order valence-corrected chi connectivity index (χ1v) is 8.18. The number of nitrogens with one attached hydrogen (secondary N) is 1. The van der Waals surface area contributed by atoms with Gasteiger partial charge in [0.15, 0.2) is 5.13 Å². The van der Waals surface area contributed by atoms with E-state index in [1.807, 2.05) is 54.6 Å². The van der Waals surface area contributed by atoms with Gasteiger partial charge in [-0.15, -0.1) is 0 Å². The molecule has 6 heteroatoms. The molecular weight excluding hydrogens is 324 g/mol. The highest BCUT2D eigenvalue weighted by Crippen LogP contribution is 2.26. The monoisotopic (exact) mass is 340 g/mol. The number of hydrogen-bond acceptors (Lipinski definition) is 5. The summed E-state index contributed by atoms with van der Waals surface area (Å²) in [6.07, 6.45) is 0. The molecule has 2 aromatic carbocycles. The summed E-state index contributed by atoms with van der Waals surface area (Å²) in [5, 5.41) is 12.7. The van der Waals surface area contributed by atoms with Gasteiger partial charge in [0.1, 0.15) is 17.2 Å². The maximum atomic E-state index is 11.0. The number of hydrogen-bond donors (Lipinski definition) is 2. The summed E-state index contributed by atoms with van der Waals surface area (Å²) in [7, 11) is 0. The molecule has 0 radical (unpaired) electrons. The number of nitrogens with zero attached hydrogens (tertiary/aromatic N) is 1. The molecule has 0 bridgehead atoms. The first-order valence-electron chi connectivity index (χ1n) is 7.36. The molecule has 3 aromatic rings. The number of aromatic carboxylic acids is 1. The smallest absolute Gasteiger partial charge is 0.347 e. The highest BCUT2D eigenvalue weighted by Gasteiger charge is 2.13. The number of carbonyl (C=O) groups is 1. The molecule has 122 valence electrons. The van der Waals surface area contributed by atoms with Crippen LogP contribution in [0.3, 0.4) is 0 Å². The molecule has 0 fully saturated rings. The van der Waals surface area contributed by atoms with Gasteiger partial charge in [-0.3, -0.25) is 0 Å². The Hall–Kier alpha value is -2.86. The third kappa shape index (κ3) is 3.91. The van der Waals surface area contributed by atoms with Crippen LogP contribution in [0.25, 0.3) is 0 Å². The Labute approximate surface area is 143 Å². The van der Waals surface area contributed by atoms with E-state index in [4.69, 9.17) is 9.84 Å². The van der Waals surface area contributed by atoms with Crippen LogP contribution in [0, 0.1) is 6.92 Å². The molecule has 0 aliphatic carbocycles. The first-order chi connectivity index (χ1) is 11.6. The van der Waals surface area contributed by atoms with Gasteiger partial charge in [0, 0.05) is 5.69 Å². The summed E-state index contributed by atoms with van der Waals surface area (Å²) in [5.74, 6) is -0.186. The van der Waals surface area contributed by atoms with Crippen molar-refractivity contribution in [3.8, 4) is 5.75 Å². The molecule has 0 saturated carbocycles. The van der Waals surface area contributed by atoms with Gasteiger partial charge in [-0.2, -0.15) is 0 Å². The summed E-state index contributed by atoms with van der Waals surface area (Å²) < 4.78 is 5.73. The fraction of sp³-hybridized carbons (Fsp3) is 0.111. The van der Waals surface area contributed by atoms with Crippen molar-refractivity contribution >= 4 is 28.1 Å². The quantitative estimate of drug-likeness (QED) is 0.692. The van der Waals surface area contributed by atoms with E-state index < -0.39 is 5.97 Å². The Morgan fingerprint density at radius 3 is 2.50 bits per heavy atom. The highest BCUT2D eigenvalue weighted by molar-refractivity contribution is 7.17. The Morgan fingerprint density at radius 1 is 1.17 bits per heavy atom. The molecule has 0 spiro atoms. The van der Waals surface area contributed by atoms with Crippen LogP contribution in [0.15, 0.2) is 54.6 Å². The zero-order chi connectivity index (χ0) is 16.9. The molecular formula is C18H16N2O3S. The second-order valence-electron chi connectivity index (χ2n) is 5.16. The molecule has 5 nitrogen and oxygen atoms in total. The van der Waals surface area contributed by atoms with Gasteiger partial charge in [-0.05, 0) is 36.8 Å². The normalized spacial score (nSPS) is 10.4. The number of rotatable bonds is 6. The van der Waals surface area contributed by atoms with Crippen LogP contribution in [-0.4, -0.2) is 16.1 Å². The van der Waals surface area contributed by atoms with Crippen molar-refractivity contribution in [2.24, 2.45) is 0 Å². The van der Waals surface area contributed by atoms with Crippen molar-refractivity contribution in [1.29, 1.82) is 0 Å². The molecule has 1 aromatic heterocycles. The molecule has 0 aliphatic heterocycles. The minimum atomic E-state index is -0.956. The lowest BCUT2D eigenvalue weighted by Gasteiger charge is -2.07. The molecule has 0 amide bonds. The first kappa shape index (κ1) is 16.0. The van der Waals surface area contributed by atoms with E-state index in [0.717, 1.165) is 28.3 Å². The molecule has 0 unspecified atom stereocenters. The second kappa shape index (κ2) is 7.14. The van der Waals surface area contributed by atoms with Crippen LogP contribution < -0.4 is 10.1 Å². The number of aromatic nitrogens is 1. The predicted molar refractivity (Wildman–Crippen MR) is 94.3 cm³/mol.